The van der Waals surface area contributed by atoms with Gasteiger partial charge in [0, 0.05) is 31.1 Å². The van der Waals surface area contributed by atoms with Gasteiger partial charge in [0.15, 0.2) is 36.3 Å². The van der Waals surface area contributed by atoms with Crippen LogP contribution in [0.3, 0.4) is 0 Å². The Morgan fingerprint density at radius 1 is 0.784 bits per heavy atom. The number of ether oxygens (including phenoxy) is 2. The molecule has 0 radical (unpaired) electrons. The molecule has 3 aliphatic carbocycles. The molecule has 0 spiro atoms. The molecule has 8 atom stereocenters. The lowest BCUT2D eigenvalue weighted by atomic mass is 9.46. The van der Waals surface area contributed by atoms with Crippen molar-refractivity contribution in [3.63, 3.8) is 0 Å². The molecule has 0 aromatic carbocycles. The largest absolute Gasteiger partial charge is 0.454 e. The maximum atomic E-state index is 16.2. The van der Waals surface area contributed by atoms with E-state index in [-0.39, 0.29) is 24.9 Å². The zero-order valence-electron chi connectivity index (χ0n) is 34.9. The van der Waals surface area contributed by atoms with Gasteiger partial charge in [0.1, 0.15) is 12.2 Å². The van der Waals surface area contributed by atoms with E-state index in [1.165, 1.54) is 6.92 Å². The predicted octanol–water partition coefficient (Wildman–Crippen LogP) is 9.33. The first-order chi connectivity index (χ1) is 23.8. The molecule has 1 saturated heterocycles. The third-order valence-corrected chi connectivity index (χ3v) is 29.5. The molecule has 1 N–H and O–H groups in total. The molecule has 8 nitrogen and oxygen atoms in total. The Balaban J connectivity index is 2.10. The summed E-state index contributed by atoms with van der Waals surface area (Å²) in [5.74, 6) is -0.917. The minimum Gasteiger partial charge on any atom is -0.454 e. The summed E-state index contributed by atoms with van der Waals surface area (Å²) in [6.45, 7) is 30.1. The zero-order chi connectivity index (χ0) is 38.4. The van der Waals surface area contributed by atoms with Crippen LogP contribution in [-0.2, 0) is 32.3 Å². The van der Waals surface area contributed by atoms with Crippen molar-refractivity contribution >= 4 is 36.7 Å². The second-order valence-electron chi connectivity index (χ2n) is 17.4. The van der Waals surface area contributed by atoms with Crippen LogP contribution in [0.25, 0.3) is 0 Å². The fraction of sp³-hybridized carbons (Fsp3) is 0.900. The summed E-state index contributed by atoms with van der Waals surface area (Å²) in [5.41, 5.74) is -2.30. The topological polar surface area (TPSA) is 101 Å². The number of ketones is 1. The number of hydrogen-bond donors (Lipinski definition) is 1. The Morgan fingerprint density at radius 3 is 1.69 bits per heavy atom. The van der Waals surface area contributed by atoms with Crippen molar-refractivity contribution in [2.24, 2.45) is 16.7 Å². The van der Waals surface area contributed by atoms with Crippen molar-refractivity contribution in [1.29, 1.82) is 0 Å². The predicted molar refractivity (Wildman–Crippen MR) is 212 cm³/mol. The number of carbonyl (C=O) groups excluding carboxylic acids is 2. The summed E-state index contributed by atoms with van der Waals surface area (Å²) >= 11 is 0. The van der Waals surface area contributed by atoms with E-state index < -0.39 is 77.2 Å². The molecule has 2 bridgehead atoms. The molecule has 3 fully saturated rings. The third kappa shape index (κ3) is 6.82. The van der Waals surface area contributed by atoms with E-state index in [9.17, 15) is 9.90 Å². The van der Waals surface area contributed by atoms with Gasteiger partial charge in [0.05, 0.1) is 29.8 Å². The Kier molecular flexibility index (Phi) is 13.1. The smallest absolute Gasteiger partial charge is 0.303 e. The van der Waals surface area contributed by atoms with Crippen molar-refractivity contribution in [3.8, 4) is 0 Å². The molecule has 2 saturated carbocycles. The fourth-order valence-corrected chi connectivity index (χ4v) is 19.3. The van der Waals surface area contributed by atoms with Crippen LogP contribution in [0.1, 0.15) is 116 Å². The van der Waals surface area contributed by atoms with E-state index in [1.54, 1.807) is 0 Å². The highest BCUT2D eigenvalue weighted by Crippen LogP contribution is 2.65. The first-order valence-electron chi connectivity index (χ1n) is 20.6. The molecule has 0 aromatic rings. The monoisotopic (exact) mass is 766 g/mol. The summed E-state index contributed by atoms with van der Waals surface area (Å²) in [4.78, 5) is 29.3. The summed E-state index contributed by atoms with van der Waals surface area (Å²) in [6, 6.07) is 8.48. The number of Topliss-reactive ketones (excluding diaryl/α,β-unsaturated/α-hetero) is 1. The molecule has 0 aromatic heterocycles. The Morgan fingerprint density at radius 2 is 1.25 bits per heavy atom. The van der Waals surface area contributed by atoms with Gasteiger partial charge in [-0.2, -0.15) is 0 Å². The second-order valence-corrected chi connectivity index (χ2v) is 31.6. The van der Waals surface area contributed by atoms with E-state index in [1.807, 2.05) is 0 Å². The van der Waals surface area contributed by atoms with Gasteiger partial charge in [0.25, 0.3) is 0 Å². The highest BCUT2D eigenvalue weighted by molar-refractivity contribution is 6.74. The van der Waals surface area contributed by atoms with Crippen LogP contribution in [0.15, 0.2) is 11.1 Å². The van der Waals surface area contributed by atoms with Crippen molar-refractivity contribution in [2.75, 3.05) is 6.61 Å². The van der Waals surface area contributed by atoms with Crippen LogP contribution in [0.2, 0.25) is 54.4 Å². The van der Waals surface area contributed by atoms with Crippen LogP contribution < -0.4 is 0 Å². The van der Waals surface area contributed by atoms with Crippen LogP contribution >= 0.6 is 0 Å². The molecule has 1 aliphatic heterocycles. The molecule has 294 valence electrons. The van der Waals surface area contributed by atoms with Gasteiger partial charge >= 0.3 is 5.97 Å². The third-order valence-electron chi connectivity index (χ3n) is 15.6. The summed E-state index contributed by atoms with van der Waals surface area (Å²) in [7, 11) is -6.76. The van der Waals surface area contributed by atoms with E-state index in [0.29, 0.717) is 12.8 Å². The quantitative estimate of drug-likeness (QED) is 0.0943. The molecule has 4 aliphatic rings. The lowest BCUT2D eigenvalue weighted by molar-refractivity contribution is -0.326. The van der Waals surface area contributed by atoms with Crippen molar-refractivity contribution in [3.05, 3.63) is 11.1 Å². The standard InChI is InChI=1S/C40H74O8Si3/c1-15-49(16-2,17-3)46-30-25-39(43)26-31-38(14,36(42)35(34(28(30)10)37(39,12)13)48-51(21-7,22-8)23-9)32(47-50(18-4,19-5)20-6)24-33-40(31,27-44-33)45-29(11)41/h30-33,35,43H,15-27H2,1-14H3/t30-,31-,32-,33+,35+,38-,39+,40+/m0/s1. The molecule has 0 unspecified atom stereocenters. The summed E-state index contributed by atoms with van der Waals surface area (Å²) in [6.07, 6.45) is -0.909. The maximum Gasteiger partial charge on any atom is 0.303 e. The number of rotatable bonds is 16. The minimum atomic E-state index is -2.40. The average Bonchev–Trinajstić information content (AvgIpc) is 3.11. The molecular weight excluding hydrogens is 693 g/mol. The van der Waals surface area contributed by atoms with Crippen LogP contribution in [-0.4, -0.2) is 84.0 Å². The van der Waals surface area contributed by atoms with Gasteiger partial charge in [-0.3, -0.25) is 9.59 Å². The van der Waals surface area contributed by atoms with Crippen LogP contribution in [0.5, 0.6) is 0 Å². The van der Waals surface area contributed by atoms with Gasteiger partial charge in [0.2, 0.25) is 0 Å². The first-order valence-corrected chi connectivity index (χ1v) is 28.2. The van der Waals surface area contributed by atoms with Gasteiger partial charge in [-0.1, -0.05) is 76.2 Å². The van der Waals surface area contributed by atoms with E-state index in [0.717, 1.165) is 65.5 Å². The molecule has 51 heavy (non-hydrogen) atoms. The van der Waals surface area contributed by atoms with Gasteiger partial charge in [-0.15, -0.1) is 0 Å². The van der Waals surface area contributed by atoms with Crippen molar-refractivity contribution < 1.29 is 37.4 Å². The Bertz CT molecular complexity index is 1280. The van der Waals surface area contributed by atoms with Crippen LogP contribution in [0, 0.1) is 16.7 Å². The number of hydrogen-bond acceptors (Lipinski definition) is 8. The van der Waals surface area contributed by atoms with E-state index >= 15 is 4.79 Å². The van der Waals surface area contributed by atoms with E-state index in [2.05, 4.69) is 90.0 Å². The minimum absolute atomic E-state index is 0.0166. The number of carbonyl (C=O) groups is 2. The lowest BCUT2D eigenvalue weighted by Gasteiger charge is -2.67. The first kappa shape index (κ1) is 43.1. The van der Waals surface area contributed by atoms with Gasteiger partial charge < -0.3 is 27.9 Å². The average molecular weight is 767 g/mol. The number of fused-ring (bicyclic) bond motifs is 5. The SMILES string of the molecule is CC[Si](CC)(CC)O[C@H]1C(=O)[C@]2(C)[C@@H](O[Si](CC)(CC)CC)C[C@H]3OC[C@@]3(OC(C)=O)[C@H]2C[C@]2(O)C[C@H](O[Si](CC)(CC)CC)C(C)=C1C2(C)C. The highest BCUT2D eigenvalue weighted by Gasteiger charge is 2.74. The molecule has 1 heterocycles. The zero-order valence-corrected chi connectivity index (χ0v) is 37.9. The van der Waals surface area contributed by atoms with Gasteiger partial charge in [-0.25, -0.2) is 0 Å². The van der Waals surface area contributed by atoms with Crippen molar-refractivity contribution in [2.45, 2.75) is 206 Å². The van der Waals surface area contributed by atoms with Crippen molar-refractivity contribution in [1.82, 2.24) is 0 Å². The summed E-state index contributed by atoms with van der Waals surface area (Å²) in [5, 5.41) is 13.5. The van der Waals surface area contributed by atoms with Gasteiger partial charge in [-0.05, 0) is 85.8 Å². The normalized spacial score (nSPS) is 35.4. The highest BCUT2D eigenvalue weighted by atomic mass is 28.4. The molecule has 11 heteroatoms. The summed E-state index contributed by atoms with van der Waals surface area (Å²) < 4.78 is 35.0. The van der Waals surface area contributed by atoms with Crippen LogP contribution in [0.4, 0.5) is 0 Å². The molecule has 0 amide bonds. The fourth-order valence-electron chi connectivity index (χ4n) is 10.8. The Hall–Kier alpha value is -0.669. The second kappa shape index (κ2) is 15.5. The number of esters is 1. The molecule has 4 rings (SSSR count). The Labute approximate surface area is 313 Å². The lowest BCUT2D eigenvalue weighted by Crippen LogP contribution is -2.78. The van der Waals surface area contributed by atoms with E-state index in [4.69, 9.17) is 22.8 Å². The molecular formula is C40H74O8Si3. The number of aliphatic hydroxyl groups is 1. The maximum absolute atomic E-state index is 16.2.